The molecule has 7 aromatic carbocycles. The first-order valence-electron chi connectivity index (χ1n) is 47.9. The number of amidine groups is 1. The number of piperazine rings is 1. The molecule has 0 bridgehead atoms. The van der Waals surface area contributed by atoms with Crippen molar-refractivity contribution in [1.82, 2.24) is 65.1 Å². The molecule has 6 saturated heterocycles. The van der Waals surface area contributed by atoms with E-state index in [0.29, 0.717) is 159 Å². The number of nitrogen functional groups attached to an aromatic ring is 1. The highest BCUT2D eigenvalue weighted by Gasteiger charge is 2.34. The van der Waals surface area contributed by atoms with Crippen molar-refractivity contribution in [2.24, 2.45) is 10.9 Å². The van der Waals surface area contributed by atoms with Crippen LogP contribution in [0.5, 0.6) is 11.5 Å². The Morgan fingerprint density at radius 2 is 1.41 bits per heavy atom. The lowest BCUT2D eigenvalue weighted by Gasteiger charge is -2.34. The second-order valence-electron chi connectivity index (χ2n) is 37.3. The van der Waals surface area contributed by atoms with Crippen LogP contribution in [-0.4, -0.2) is 190 Å². The van der Waals surface area contributed by atoms with E-state index in [-0.39, 0.29) is 34.9 Å². The van der Waals surface area contributed by atoms with E-state index in [1.165, 1.54) is 53.3 Å². The summed E-state index contributed by atoms with van der Waals surface area (Å²) in [6.07, 6.45) is 17.8. The normalized spacial score (nSPS) is 17.4. The van der Waals surface area contributed by atoms with Crippen LogP contribution in [0.15, 0.2) is 180 Å². The van der Waals surface area contributed by atoms with Gasteiger partial charge in [0, 0.05) is 147 Å². The number of nitrogens with two attached hydrogens (primary N) is 1. The Labute approximate surface area is 827 Å². The van der Waals surface area contributed by atoms with Gasteiger partial charge in [0.1, 0.15) is 64.1 Å². The van der Waals surface area contributed by atoms with Crippen molar-refractivity contribution in [2.45, 2.75) is 178 Å². The maximum atomic E-state index is 14.4. The van der Waals surface area contributed by atoms with E-state index in [0.717, 1.165) is 180 Å². The van der Waals surface area contributed by atoms with Gasteiger partial charge < -0.3 is 65.9 Å². The molecule has 7 aliphatic rings. The molecule has 12 aromatic rings. The minimum Gasteiger partial charge on any atom is -0.491 e. The Kier molecular flexibility index (Phi) is 33.2. The number of hydrogen-bond donors (Lipinski definition) is 6. The first-order chi connectivity index (χ1) is 67.4. The summed E-state index contributed by atoms with van der Waals surface area (Å²) >= 11 is 18.8. The lowest BCUT2D eigenvalue weighted by atomic mass is 9.86. The molecular formula is C105H118Cl3F5N18O8S. The number of anilines is 4. The van der Waals surface area contributed by atoms with Gasteiger partial charge in [0.25, 0.3) is 5.91 Å². The predicted octanol–water partition coefficient (Wildman–Crippen LogP) is 19.0. The van der Waals surface area contributed by atoms with Crippen molar-refractivity contribution in [1.29, 1.82) is 0 Å². The number of carbonyl (C=O) groups excluding carboxylic acids is 2. The number of piperidine rings is 2. The van der Waals surface area contributed by atoms with E-state index in [2.05, 4.69) is 94.3 Å². The van der Waals surface area contributed by atoms with Gasteiger partial charge in [-0.1, -0.05) is 71.2 Å². The topological polar surface area (TPSA) is 302 Å². The fourth-order valence-electron chi connectivity index (χ4n) is 19.1. The van der Waals surface area contributed by atoms with E-state index >= 15 is 0 Å². The number of ether oxygens (including phenoxy) is 3. The van der Waals surface area contributed by atoms with Gasteiger partial charge in [0.2, 0.25) is 0 Å². The zero-order chi connectivity index (χ0) is 98.6. The monoisotopic (exact) mass is 1990 g/mol. The highest BCUT2D eigenvalue weighted by molar-refractivity contribution is 7.92. The standard InChI is InChI=1S/C33H36F2N4O2.C30H38ClN3O3S.C21H22Cl2FN5O.C21H22F2N6O2/c1-38-8-10-39(11-9-38)29-4-5-30(26(19-29)15-22-6-12-41-13-7-22)33(40)37-32-31-18-23(2-3-25(31)21-36-32)14-24-16-27(34)20-28(35)17-24;1-19(2)37-28-17-25(22-10-12-32-13-11-22)21(5)14-24(28)16-30-33-18-26(31)27(34-30)15-23-8-6-7-9-29(23)38(35,36)20(3)4;1-12(19-15(22)2-3-16(24)20(19)23)30-18-10-13(11-27-21(18)25)17-6-9-29(28-17)14-4-7-26-8-5-14;22-13-3-4-16(23)15(10-13)18-2-1-7-28(18)19-6-9-29-20(26-19)17(11-24-29)25-21(31)27-8-5-14(30)12-27/h2-5,16-20,22H,6-15,21H2,1H3,(H,36,37,40);6-9,14,17-20,22,32H,10-13,15-16H2,1-5H3;2-3,6,9-12,14,26H,4-5,7-8H2,1H3,(H2,25,27);3-4,6,9-11,14,18,30H,1-2,5,7-8,12H2,(H,25,31)/t;;12-;14-,18+/m..10/s1. The number of sulfone groups is 1. The number of nitrogens with one attached hydrogen (secondary N) is 4. The molecule has 0 aliphatic carbocycles. The summed E-state index contributed by atoms with van der Waals surface area (Å²) in [7, 11) is -1.29. The number of carbonyl (C=O) groups is 2. The molecule has 0 spiro atoms. The van der Waals surface area contributed by atoms with Gasteiger partial charge in [-0.3, -0.25) is 14.5 Å². The summed E-state index contributed by atoms with van der Waals surface area (Å²) in [5.41, 5.74) is 20.3. The van der Waals surface area contributed by atoms with Gasteiger partial charge in [0.05, 0.1) is 68.6 Å². The zero-order valence-electron chi connectivity index (χ0n) is 79.5. The number of likely N-dealkylation sites (N-methyl/N-ethyl adjacent to an activating group) is 1. The highest BCUT2D eigenvalue weighted by atomic mass is 35.5. The number of hydrogen-bond acceptors (Lipinski definition) is 21. The molecule has 140 heavy (non-hydrogen) atoms. The number of aryl methyl sites for hydroxylation is 1. The zero-order valence-corrected chi connectivity index (χ0v) is 82.6. The second-order valence-corrected chi connectivity index (χ2v) is 41.0. The average Bonchev–Trinajstić information content (AvgIpc) is 1.65. The molecule has 12 heterocycles. The molecule has 19 rings (SSSR count). The number of rotatable bonds is 23. The lowest BCUT2D eigenvalue weighted by Crippen LogP contribution is -2.44. The quantitative estimate of drug-likeness (QED) is 0.0256. The van der Waals surface area contributed by atoms with Crippen molar-refractivity contribution >= 4 is 91.1 Å². The number of aromatic nitrogens is 8. The van der Waals surface area contributed by atoms with Crippen molar-refractivity contribution in [3.63, 3.8) is 0 Å². The summed E-state index contributed by atoms with van der Waals surface area (Å²) in [5, 5.41) is 31.4. The first kappa shape index (κ1) is 101. The molecule has 7 N–H and O–H groups in total. The van der Waals surface area contributed by atoms with Gasteiger partial charge in [-0.15, -0.1) is 0 Å². The van der Waals surface area contributed by atoms with E-state index in [4.69, 9.17) is 64.8 Å². The van der Waals surface area contributed by atoms with Crippen LogP contribution in [0, 0.1) is 41.9 Å². The number of nitrogens with zero attached hydrogens (tertiary/aromatic N) is 13. The molecule has 738 valence electrons. The van der Waals surface area contributed by atoms with Gasteiger partial charge in [-0.05, 0) is 293 Å². The van der Waals surface area contributed by atoms with E-state index in [1.54, 1.807) is 73.0 Å². The van der Waals surface area contributed by atoms with E-state index < -0.39 is 56.4 Å². The average molecular weight is 1990 g/mol. The van der Waals surface area contributed by atoms with Crippen LogP contribution in [0.1, 0.15) is 200 Å². The van der Waals surface area contributed by atoms with Crippen LogP contribution in [0.3, 0.4) is 0 Å². The number of halogens is 8. The molecule has 6 fully saturated rings. The number of amides is 3. The van der Waals surface area contributed by atoms with Crippen molar-refractivity contribution in [2.75, 3.05) is 113 Å². The van der Waals surface area contributed by atoms with Crippen molar-refractivity contribution < 1.29 is 59.3 Å². The smallest absolute Gasteiger partial charge is 0.322 e. The summed E-state index contributed by atoms with van der Waals surface area (Å²) < 4.78 is 117. The van der Waals surface area contributed by atoms with Crippen LogP contribution in [0.25, 0.3) is 16.9 Å². The predicted molar refractivity (Wildman–Crippen MR) is 536 cm³/mol. The largest absolute Gasteiger partial charge is 0.491 e. The van der Waals surface area contributed by atoms with Crippen LogP contribution in [-0.2, 0) is 46.8 Å². The van der Waals surface area contributed by atoms with Crippen molar-refractivity contribution in [3.05, 3.63) is 293 Å². The van der Waals surface area contributed by atoms with Crippen LogP contribution >= 0.6 is 34.8 Å². The number of urea groups is 1. The second kappa shape index (κ2) is 45.9. The summed E-state index contributed by atoms with van der Waals surface area (Å²) in [6, 6.07) is 38.6. The fraction of sp³-hybridized carbons (Fsp3) is 0.400. The molecular weight excluding hydrogens is 1870 g/mol. The Bertz CT molecular complexity index is 6570. The summed E-state index contributed by atoms with van der Waals surface area (Å²) in [4.78, 5) is 57.6. The lowest BCUT2D eigenvalue weighted by molar-refractivity contribution is 0.0664. The maximum Gasteiger partial charge on any atom is 0.322 e. The highest BCUT2D eigenvalue weighted by Crippen LogP contribution is 2.42. The fourth-order valence-corrected chi connectivity index (χ4v) is 21.2. The van der Waals surface area contributed by atoms with Crippen LogP contribution in [0.2, 0.25) is 15.1 Å². The van der Waals surface area contributed by atoms with Crippen molar-refractivity contribution in [3.8, 4) is 22.8 Å². The molecule has 3 amide bonds. The molecule has 5 aromatic heterocycles. The number of fused-ring (bicyclic) bond motifs is 2. The molecule has 3 atom stereocenters. The van der Waals surface area contributed by atoms with Gasteiger partial charge in [-0.25, -0.2) is 59.6 Å². The van der Waals surface area contributed by atoms with E-state index in [9.17, 15) is 45.1 Å². The third-order valence-corrected chi connectivity index (χ3v) is 30.0. The number of aliphatic hydroxyl groups excluding tert-OH is 1. The minimum atomic E-state index is -3.44. The van der Waals surface area contributed by atoms with Crippen LogP contribution in [0.4, 0.5) is 49.8 Å². The minimum absolute atomic E-state index is 0.0402. The number of likely N-dealkylation sites (tertiary alicyclic amines) is 1. The molecule has 0 unspecified atom stereocenters. The molecule has 0 saturated carbocycles. The van der Waals surface area contributed by atoms with Gasteiger partial charge in [-0.2, -0.15) is 10.2 Å². The Morgan fingerprint density at radius 3 is 2.16 bits per heavy atom. The SMILES string of the molecule is CN1CCN(c2ccc(C(=O)NC3=NCc4ccc(Cc5cc(F)cc(F)c5)cc43)c(CC3CCOCC3)c2)CC1.C[C@@H](Oc1cc(-c2ccn(C3CCNCC3)n2)cnc1N)c1c(Cl)ccc(F)c1Cl.Cc1cc(Cc2ncc(Cl)c(Cc3ccccc3S(=O)(=O)C(C)C)n2)c(OC(C)C)cc1C1CCNCC1.O=C(Nc1cnn2ccc(N3CCC[C@@H]3c3cc(F)ccc3F)nc12)N1CC[C@H](O)C1. The Hall–Kier alpha value is -11.7. The number of aliphatic hydroxyl groups is 1. The Morgan fingerprint density at radius 1 is 0.664 bits per heavy atom. The van der Waals surface area contributed by atoms with Crippen LogP contribution < -0.4 is 46.3 Å². The first-order valence-corrected chi connectivity index (χ1v) is 50.6. The molecule has 0 radical (unpaired) electrons. The maximum absolute atomic E-state index is 14.4. The number of benzene rings is 7. The summed E-state index contributed by atoms with van der Waals surface area (Å²) in [6.45, 7) is 22.8. The molecule has 26 nitrogen and oxygen atoms in total. The molecule has 7 aliphatic heterocycles. The number of aliphatic imine (C=N–C) groups is 1. The molecule has 35 heteroatoms. The number of pyridine rings is 1. The third kappa shape index (κ3) is 24.9. The summed E-state index contributed by atoms with van der Waals surface area (Å²) in [5.74, 6) is 1.39. The Balaban J connectivity index is 0.000000136. The third-order valence-electron chi connectivity index (χ3n) is 26.7. The van der Waals surface area contributed by atoms with Gasteiger partial charge in [0.15, 0.2) is 27.1 Å². The van der Waals surface area contributed by atoms with Gasteiger partial charge >= 0.3 is 6.03 Å². The van der Waals surface area contributed by atoms with E-state index in [1.807, 2.05) is 72.1 Å². The number of β-amino-alcohol motifs (C(OH)–C–C–N with tert-alkyl or cyclic N) is 1.